The summed E-state index contributed by atoms with van der Waals surface area (Å²) >= 11 is 4.06. The second kappa shape index (κ2) is 4.86. The first-order valence-corrected chi connectivity index (χ1v) is 5.25. The molecule has 1 fully saturated rings. The Kier molecular flexibility index (Phi) is 4.06. The lowest BCUT2D eigenvalue weighted by Crippen LogP contribution is -2.34. The molecule has 1 aliphatic rings. The summed E-state index contributed by atoms with van der Waals surface area (Å²) in [6, 6.07) is 0. The predicted octanol–water partition coefficient (Wildman–Crippen LogP) is 0.373. The van der Waals surface area contributed by atoms with Gasteiger partial charge in [-0.05, 0) is 32.9 Å². The fourth-order valence-electron chi connectivity index (χ4n) is 1.59. The summed E-state index contributed by atoms with van der Waals surface area (Å²) in [7, 11) is 2.11. The third kappa shape index (κ3) is 3.56. The van der Waals surface area contributed by atoms with E-state index >= 15 is 0 Å². The molecule has 0 aromatic carbocycles. The van der Waals surface area contributed by atoms with E-state index in [9.17, 15) is 4.79 Å². The first kappa shape index (κ1) is 10.9. The quantitative estimate of drug-likeness (QED) is 0.648. The van der Waals surface area contributed by atoms with Gasteiger partial charge >= 0.3 is 0 Å². The second-order valence-electron chi connectivity index (χ2n) is 3.84. The molecule has 1 aliphatic heterocycles. The lowest BCUT2D eigenvalue weighted by atomic mass is 10.1. The van der Waals surface area contributed by atoms with Gasteiger partial charge in [-0.15, -0.1) is 0 Å². The average Bonchev–Trinajstić information content (AvgIpc) is 2.47. The zero-order valence-electron chi connectivity index (χ0n) is 8.29. The fraction of sp³-hybridized carbons (Fsp3) is 0.889. The molecule has 0 bridgehead atoms. The molecule has 3 nitrogen and oxygen atoms in total. The number of hydrogen-bond donors (Lipinski definition) is 2. The van der Waals surface area contributed by atoms with Crippen LogP contribution in [0.5, 0.6) is 0 Å². The molecule has 1 N–H and O–H groups in total. The minimum absolute atomic E-state index is 0.0397. The average molecular weight is 202 g/mol. The van der Waals surface area contributed by atoms with Crippen molar-refractivity contribution in [2.45, 2.75) is 18.6 Å². The van der Waals surface area contributed by atoms with Gasteiger partial charge in [0.2, 0.25) is 5.91 Å². The van der Waals surface area contributed by atoms with E-state index in [0.29, 0.717) is 5.92 Å². The van der Waals surface area contributed by atoms with Crippen molar-refractivity contribution in [3.63, 3.8) is 0 Å². The van der Waals surface area contributed by atoms with Gasteiger partial charge in [0, 0.05) is 13.1 Å². The van der Waals surface area contributed by atoms with Crippen molar-refractivity contribution >= 4 is 18.5 Å². The van der Waals surface area contributed by atoms with Crippen molar-refractivity contribution in [2.24, 2.45) is 5.92 Å². The van der Waals surface area contributed by atoms with Crippen LogP contribution in [0.2, 0.25) is 0 Å². The van der Waals surface area contributed by atoms with Crippen LogP contribution in [0.1, 0.15) is 13.3 Å². The fourth-order valence-corrected chi connectivity index (χ4v) is 1.68. The van der Waals surface area contributed by atoms with Crippen molar-refractivity contribution in [1.29, 1.82) is 0 Å². The molecular formula is C9H18N2OS. The normalized spacial score (nSPS) is 25.9. The highest BCUT2D eigenvalue weighted by Gasteiger charge is 2.20. The Hall–Kier alpha value is -0.220. The van der Waals surface area contributed by atoms with E-state index in [2.05, 4.69) is 29.9 Å². The Balaban J connectivity index is 2.16. The molecular weight excluding hydrogens is 184 g/mol. The molecule has 0 aliphatic carbocycles. The van der Waals surface area contributed by atoms with Gasteiger partial charge in [0.25, 0.3) is 0 Å². The van der Waals surface area contributed by atoms with Gasteiger partial charge in [-0.25, -0.2) is 0 Å². The van der Waals surface area contributed by atoms with Gasteiger partial charge in [0.15, 0.2) is 0 Å². The van der Waals surface area contributed by atoms with Crippen molar-refractivity contribution in [3.8, 4) is 0 Å². The molecule has 4 heteroatoms. The monoisotopic (exact) mass is 202 g/mol. The molecule has 0 aromatic heterocycles. The van der Waals surface area contributed by atoms with Crippen LogP contribution in [0.4, 0.5) is 0 Å². The number of amides is 1. The van der Waals surface area contributed by atoms with Crippen LogP contribution in [0.3, 0.4) is 0 Å². The van der Waals surface area contributed by atoms with Gasteiger partial charge in [-0.1, -0.05) is 0 Å². The van der Waals surface area contributed by atoms with E-state index in [1.807, 2.05) is 0 Å². The Morgan fingerprint density at radius 3 is 2.92 bits per heavy atom. The molecule has 0 spiro atoms. The van der Waals surface area contributed by atoms with Crippen molar-refractivity contribution in [3.05, 3.63) is 0 Å². The Labute approximate surface area is 85.3 Å². The topological polar surface area (TPSA) is 32.3 Å². The summed E-state index contributed by atoms with van der Waals surface area (Å²) in [6.07, 6.45) is 1.19. The number of carbonyl (C=O) groups is 1. The van der Waals surface area contributed by atoms with Crippen LogP contribution in [0, 0.1) is 5.92 Å². The smallest absolute Gasteiger partial charge is 0.232 e. The summed E-state index contributed by atoms with van der Waals surface area (Å²) in [6.45, 7) is 4.84. The molecule has 1 saturated heterocycles. The molecule has 2 unspecified atom stereocenters. The number of thiol groups is 1. The first-order valence-electron chi connectivity index (χ1n) is 4.74. The number of rotatable bonds is 3. The number of likely N-dealkylation sites (tertiary alicyclic amines) is 1. The van der Waals surface area contributed by atoms with Crippen LogP contribution >= 0.6 is 12.6 Å². The summed E-state index contributed by atoms with van der Waals surface area (Å²) in [5, 5.41) is 2.71. The minimum Gasteiger partial charge on any atom is -0.355 e. The summed E-state index contributed by atoms with van der Waals surface area (Å²) in [4.78, 5) is 13.5. The zero-order valence-corrected chi connectivity index (χ0v) is 9.18. The van der Waals surface area contributed by atoms with Crippen molar-refractivity contribution < 1.29 is 4.79 Å². The van der Waals surface area contributed by atoms with Crippen LogP contribution in [0.15, 0.2) is 0 Å². The number of hydrogen-bond acceptors (Lipinski definition) is 3. The van der Waals surface area contributed by atoms with Crippen LogP contribution in [-0.4, -0.2) is 42.7 Å². The Bertz CT molecular complexity index is 184. The third-order valence-corrected chi connectivity index (χ3v) is 2.67. The van der Waals surface area contributed by atoms with Crippen LogP contribution in [0.25, 0.3) is 0 Å². The molecule has 0 saturated carbocycles. The summed E-state index contributed by atoms with van der Waals surface area (Å²) in [5.41, 5.74) is 0. The minimum atomic E-state index is -0.195. The Morgan fingerprint density at radius 1 is 1.77 bits per heavy atom. The SMILES string of the molecule is CC(S)C(=O)NCC1CCN(C)C1. The predicted molar refractivity (Wildman–Crippen MR) is 57.1 cm³/mol. The van der Waals surface area contributed by atoms with E-state index in [1.165, 1.54) is 6.42 Å². The van der Waals surface area contributed by atoms with Gasteiger partial charge in [0.05, 0.1) is 5.25 Å². The van der Waals surface area contributed by atoms with Gasteiger partial charge in [0.1, 0.15) is 0 Å². The van der Waals surface area contributed by atoms with Crippen molar-refractivity contribution in [2.75, 3.05) is 26.7 Å². The standard InChI is InChI=1S/C9H18N2OS/c1-7(13)9(12)10-5-8-3-4-11(2)6-8/h7-8,13H,3-6H2,1-2H3,(H,10,12). The zero-order chi connectivity index (χ0) is 9.84. The van der Waals surface area contributed by atoms with E-state index in [4.69, 9.17) is 0 Å². The molecule has 0 radical (unpaired) electrons. The first-order chi connectivity index (χ1) is 6.09. The summed E-state index contributed by atoms with van der Waals surface area (Å²) in [5.74, 6) is 0.666. The lowest BCUT2D eigenvalue weighted by molar-refractivity contribution is -0.120. The number of carbonyl (C=O) groups excluding carboxylic acids is 1. The van der Waals surface area contributed by atoms with Crippen LogP contribution < -0.4 is 5.32 Å². The van der Waals surface area contributed by atoms with E-state index in [-0.39, 0.29) is 11.2 Å². The van der Waals surface area contributed by atoms with E-state index in [0.717, 1.165) is 19.6 Å². The van der Waals surface area contributed by atoms with Gasteiger partial charge in [-0.2, -0.15) is 12.6 Å². The third-order valence-electron chi connectivity index (χ3n) is 2.43. The largest absolute Gasteiger partial charge is 0.355 e. The highest BCUT2D eigenvalue weighted by Crippen LogP contribution is 2.12. The maximum Gasteiger partial charge on any atom is 0.232 e. The van der Waals surface area contributed by atoms with E-state index in [1.54, 1.807) is 6.92 Å². The van der Waals surface area contributed by atoms with Crippen molar-refractivity contribution in [1.82, 2.24) is 10.2 Å². The lowest BCUT2D eigenvalue weighted by Gasteiger charge is -2.12. The Morgan fingerprint density at radius 2 is 2.46 bits per heavy atom. The maximum absolute atomic E-state index is 11.2. The highest BCUT2D eigenvalue weighted by molar-refractivity contribution is 7.81. The maximum atomic E-state index is 11.2. The molecule has 1 heterocycles. The van der Waals surface area contributed by atoms with Gasteiger partial charge < -0.3 is 10.2 Å². The highest BCUT2D eigenvalue weighted by atomic mass is 32.1. The van der Waals surface area contributed by atoms with E-state index < -0.39 is 0 Å². The number of nitrogens with one attached hydrogen (secondary N) is 1. The molecule has 13 heavy (non-hydrogen) atoms. The van der Waals surface area contributed by atoms with Gasteiger partial charge in [-0.3, -0.25) is 4.79 Å². The molecule has 1 amide bonds. The molecule has 2 atom stereocenters. The number of nitrogens with zero attached hydrogens (tertiary/aromatic N) is 1. The molecule has 1 rings (SSSR count). The van der Waals surface area contributed by atoms with Crippen LogP contribution in [-0.2, 0) is 4.79 Å². The second-order valence-corrected chi connectivity index (χ2v) is 4.61. The summed E-state index contributed by atoms with van der Waals surface area (Å²) < 4.78 is 0. The molecule has 76 valence electrons. The molecule has 0 aromatic rings.